The summed E-state index contributed by atoms with van der Waals surface area (Å²) in [5, 5.41) is 22.1. The van der Waals surface area contributed by atoms with Crippen molar-refractivity contribution in [2.75, 3.05) is 13.7 Å². The third-order valence-corrected chi connectivity index (χ3v) is 6.56. The molecule has 0 radical (unpaired) electrons. The summed E-state index contributed by atoms with van der Waals surface area (Å²) < 4.78 is 10.4. The van der Waals surface area contributed by atoms with Crippen LogP contribution in [0.2, 0.25) is 10.0 Å². The molecule has 0 bridgehead atoms. The van der Waals surface area contributed by atoms with Crippen LogP contribution in [0.3, 0.4) is 0 Å². The largest absolute Gasteiger partial charge is 0.503 e. The summed E-state index contributed by atoms with van der Waals surface area (Å²) in [5.74, 6) is -1.79. The third kappa shape index (κ3) is 4.49. The van der Waals surface area contributed by atoms with Crippen molar-refractivity contribution in [1.82, 2.24) is 5.32 Å². The first-order valence-corrected chi connectivity index (χ1v) is 11.2. The summed E-state index contributed by atoms with van der Waals surface area (Å²) in [6.07, 6.45) is -1.16. The van der Waals surface area contributed by atoms with E-state index in [1.165, 1.54) is 13.2 Å². The molecule has 9 heteroatoms. The van der Waals surface area contributed by atoms with Gasteiger partial charge in [0.05, 0.1) is 12.1 Å². The number of hydrogen-bond donors (Lipinski definition) is 3. The monoisotopic (exact) mass is 501 g/mol. The number of ether oxygens (including phenoxy) is 2. The molecule has 1 unspecified atom stereocenters. The predicted octanol–water partition coefficient (Wildman–Crippen LogP) is 5.24. The van der Waals surface area contributed by atoms with Crippen LogP contribution in [-0.2, 0) is 16.0 Å². The van der Waals surface area contributed by atoms with E-state index in [1.54, 1.807) is 0 Å². The molecule has 3 aromatic rings. The smallest absolute Gasteiger partial charge is 0.407 e. The number of nitrogens with one attached hydrogen (secondary N) is 1. The van der Waals surface area contributed by atoms with Crippen molar-refractivity contribution < 1.29 is 29.3 Å². The lowest BCUT2D eigenvalue weighted by Gasteiger charge is -2.19. The maximum absolute atomic E-state index is 12.5. The van der Waals surface area contributed by atoms with Gasteiger partial charge in [-0.05, 0) is 27.8 Å². The number of carboxylic acids is 1. The molecule has 0 fully saturated rings. The van der Waals surface area contributed by atoms with E-state index in [0.717, 1.165) is 22.3 Å². The molecule has 0 spiro atoms. The van der Waals surface area contributed by atoms with Gasteiger partial charge in [0.25, 0.3) is 0 Å². The molecule has 0 saturated carbocycles. The summed E-state index contributed by atoms with van der Waals surface area (Å²) in [4.78, 5) is 24.3. The molecule has 176 valence electrons. The van der Waals surface area contributed by atoms with E-state index >= 15 is 0 Å². The summed E-state index contributed by atoms with van der Waals surface area (Å²) in [5.41, 5.74) is 4.41. The number of amides is 1. The minimum atomic E-state index is -1.39. The zero-order valence-electron chi connectivity index (χ0n) is 18.0. The molecule has 1 aliphatic rings. The van der Waals surface area contributed by atoms with Crippen molar-refractivity contribution in [2.24, 2.45) is 0 Å². The van der Waals surface area contributed by atoms with E-state index in [9.17, 15) is 19.8 Å². The summed E-state index contributed by atoms with van der Waals surface area (Å²) >= 11 is 12.4. The molecule has 34 heavy (non-hydrogen) atoms. The number of carbonyl (C=O) groups is 2. The minimum Gasteiger partial charge on any atom is -0.503 e. The van der Waals surface area contributed by atoms with Crippen molar-refractivity contribution >= 4 is 35.3 Å². The first-order valence-electron chi connectivity index (χ1n) is 10.4. The van der Waals surface area contributed by atoms with Gasteiger partial charge in [-0.3, -0.25) is 0 Å². The Morgan fingerprint density at radius 1 is 1.06 bits per heavy atom. The molecule has 0 aliphatic heterocycles. The van der Waals surface area contributed by atoms with Gasteiger partial charge in [-0.2, -0.15) is 0 Å². The highest BCUT2D eigenvalue weighted by molar-refractivity contribution is 6.37. The summed E-state index contributed by atoms with van der Waals surface area (Å²) in [6.45, 7) is 0.0387. The van der Waals surface area contributed by atoms with Gasteiger partial charge < -0.3 is 25.0 Å². The lowest BCUT2D eigenvalue weighted by Crippen LogP contribution is -2.43. The SMILES string of the molecule is COc1cc(Cl)c(CC(NC(=O)OCC2c3ccccc3-c3ccccc32)C(=O)O)c(Cl)c1O. The van der Waals surface area contributed by atoms with Crippen LogP contribution >= 0.6 is 23.2 Å². The number of carbonyl (C=O) groups excluding carboxylic acids is 1. The lowest BCUT2D eigenvalue weighted by atomic mass is 9.98. The van der Waals surface area contributed by atoms with Gasteiger partial charge in [0, 0.05) is 23.4 Å². The number of aliphatic carboxylic acids is 1. The van der Waals surface area contributed by atoms with E-state index in [0.29, 0.717) is 0 Å². The number of aromatic hydroxyl groups is 1. The van der Waals surface area contributed by atoms with Crippen LogP contribution < -0.4 is 10.1 Å². The molecule has 3 aromatic carbocycles. The average Bonchev–Trinajstić information content (AvgIpc) is 3.15. The Hall–Kier alpha value is -3.42. The number of carboxylic acid groups (broad SMARTS) is 1. The summed E-state index contributed by atoms with van der Waals surface area (Å²) in [6, 6.07) is 15.7. The highest BCUT2D eigenvalue weighted by Crippen LogP contribution is 2.44. The van der Waals surface area contributed by atoms with Gasteiger partial charge >= 0.3 is 12.1 Å². The van der Waals surface area contributed by atoms with E-state index < -0.39 is 18.1 Å². The zero-order chi connectivity index (χ0) is 24.4. The van der Waals surface area contributed by atoms with Crippen molar-refractivity contribution in [3.05, 3.63) is 81.3 Å². The topological polar surface area (TPSA) is 105 Å². The first-order chi connectivity index (χ1) is 16.3. The average molecular weight is 502 g/mol. The Balaban J connectivity index is 1.47. The van der Waals surface area contributed by atoms with Crippen LogP contribution in [0.5, 0.6) is 11.5 Å². The van der Waals surface area contributed by atoms with Crippen LogP contribution in [0, 0.1) is 0 Å². The molecular weight excluding hydrogens is 481 g/mol. The number of rotatable bonds is 7. The maximum atomic E-state index is 12.5. The van der Waals surface area contributed by atoms with Gasteiger partial charge in [-0.15, -0.1) is 0 Å². The molecule has 0 saturated heterocycles. The van der Waals surface area contributed by atoms with Crippen LogP contribution in [0.15, 0.2) is 54.6 Å². The number of alkyl carbamates (subject to hydrolysis) is 1. The third-order valence-electron chi connectivity index (χ3n) is 5.81. The Morgan fingerprint density at radius 2 is 1.65 bits per heavy atom. The van der Waals surface area contributed by atoms with Crippen molar-refractivity contribution in [3.8, 4) is 22.6 Å². The molecule has 1 amide bonds. The Kier molecular flexibility index (Phi) is 6.86. The molecule has 1 atom stereocenters. The number of methoxy groups -OCH3 is 1. The number of benzene rings is 3. The zero-order valence-corrected chi connectivity index (χ0v) is 19.6. The highest BCUT2D eigenvalue weighted by atomic mass is 35.5. The maximum Gasteiger partial charge on any atom is 0.407 e. The molecular formula is C25H21Cl2NO6. The second kappa shape index (κ2) is 9.83. The standard InChI is InChI=1S/C25H21Cl2NO6/c1-33-21-11-19(26)17(22(27)23(21)29)10-20(24(30)31)28-25(32)34-12-18-15-8-4-2-6-13(15)14-7-3-5-9-16(14)18/h2-9,11,18,20,29H,10,12H2,1H3,(H,28,32)(H,30,31). The normalized spacial score (nSPS) is 13.0. The van der Waals surface area contributed by atoms with E-state index in [2.05, 4.69) is 5.32 Å². The number of phenols is 1. The molecule has 4 rings (SSSR count). The molecule has 0 aromatic heterocycles. The van der Waals surface area contributed by atoms with Gasteiger partial charge in [-0.25, -0.2) is 9.59 Å². The first kappa shape index (κ1) is 23.7. The predicted molar refractivity (Wildman–Crippen MR) is 128 cm³/mol. The second-order valence-corrected chi connectivity index (χ2v) is 8.55. The second-order valence-electron chi connectivity index (χ2n) is 7.77. The van der Waals surface area contributed by atoms with Crippen LogP contribution in [0.1, 0.15) is 22.6 Å². The number of halogens is 2. The Morgan fingerprint density at radius 3 is 2.21 bits per heavy atom. The molecule has 3 N–H and O–H groups in total. The highest BCUT2D eigenvalue weighted by Gasteiger charge is 2.30. The number of fused-ring (bicyclic) bond motifs is 3. The molecule has 0 heterocycles. The Labute approximate surface area is 205 Å². The van der Waals surface area contributed by atoms with E-state index in [1.807, 2.05) is 48.5 Å². The fourth-order valence-electron chi connectivity index (χ4n) is 4.16. The quantitative estimate of drug-likeness (QED) is 0.408. The van der Waals surface area contributed by atoms with Gasteiger partial charge in [0.1, 0.15) is 12.6 Å². The summed E-state index contributed by atoms with van der Waals surface area (Å²) in [7, 11) is 1.33. The lowest BCUT2D eigenvalue weighted by molar-refractivity contribution is -0.139. The van der Waals surface area contributed by atoms with Crippen LogP contribution in [-0.4, -0.2) is 42.0 Å². The fourth-order valence-corrected chi connectivity index (χ4v) is 4.75. The fraction of sp³-hybridized carbons (Fsp3) is 0.200. The number of hydrogen-bond acceptors (Lipinski definition) is 5. The van der Waals surface area contributed by atoms with Crippen molar-refractivity contribution in [3.63, 3.8) is 0 Å². The van der Waals surface area contributed by atoms with Gasteiger partial charge in [-0.1, -0.05) is 71.7 Å². The van der Waals surface area contributed by atoms with Crippen LogP contribution in [0.4, 0.5) is 4.79 Å². The number of phenolic OH excluding ortho intramolecular Hbond substituents is 1. The van der Waals surface area contributed by atoms with E-state index in [-0.39, 0.29) is 46.1 Å². The van der Waals surface area contributed by atoms with Gasteiger partial charge in [0.15, 0.2) is 11.5 Å². The Bertz CT molecular complexity index is 1220. The molecule has 1 aliphatic carbocycles. The van der Waals surface area contributed by atoms with Crippen molar-refractivity contribution in [2.45, 2.75) is 18.4 Å². The van der Waals surface area contributed by atoms with Crippen molar-refractivity contribution in [1.29, 1.82) is 0 Å². The minimum absolute atomic E-state index is 0.0387. The molecule has 7 nitrogen and oxygen atoms in total. The van der Waals surface area contributed by atoms with Gasteiger partial charge in [0.2, 0.25) is 0 Å². The van der Waals surface area contributed by atoms with E-state index in [4.69, 9.17) is 32.7 Å². The van der Waals surface area contributed by atoms with Crippen LogP contribution in [0.25, 0.3) is 11.1 Å².